The summed E-state index contributed by atoms with van der Waals surface area (Å²) in [6.07, 6.45) is -0.790. The molecule has 2 unspecified atom stereocenters. The lowest BCUT2D eigenvalue weighted by Gasteiger charge is -2.17. The highest BCUT2D eigenvalue weighted by Gasteiger charge is 2.51. The molecule has 0 spiro atoms. The molecular weight excluding hydrogens is 660 g/mol. The zero-order chi connectivity index (χ0) is 35.7. The zero-order valence-electron chi connectivity index (χ0n) is 27.3. The van der Waals surface area contributed by atoms with Crippen molar-refractivity contribution in [2.45, 2.75) is 50.1 Å². The number of rotatable bonds is 13. The van der Waals surface area contributed by atoms with Gasteiger partial charge in [0.15, 0.2) is 12.2 Å². The fourth-order valence-corrected chi connectivity index (χ4v) is 5.64. The number of esters is 4. The first-order valence-corrected chi connectivity index (χ1v) is 16.3. The molecule has 4 aromatic rings. The van der Waals surface area contributed by atoms with Crippen molar-refractivity contribution < 1.29 is 57.5 Å². The van der Waals surface area contributed by atoms with Gasteiger partial charge in [0, 0.05) is 18.4 Å². The number of carbonyl (C=O) groups is 5. The highest BCUT2D eigenvalue weighted by molar-refractivity contribution is 5.90. The maximum atomic E-state index is 12.9. The van der Waals surface area contributed by atoms with Crippen molar-refractivity contribution in [3.63, 3.8) is 0 Å². The van der Waals surface area contributed by atoms with Crippen molar-refractivity contribution in [1.29, 1.82) is 0 Å². The summed E-state index contributed by atoms with van der Waals surface area (Å²) in [5.74, 6) is -1.41. The van der Waals surface area contributed by atoms with Gasteiger partial charge < -0.3 is 33.5 Å². The number of carbonyl (C=O) groups excluding carboxylic acids is 5. The predicted molar refractivity (Wildman–Crippen MR) is 179 cm³/mol. The summed E-state index contributed by atoms with van der Waals surface area (Å²) >= 11 is 0. The molecule has 0 aromatic heterocycles. The summed E-state index contributed by atoms with van der Waals surface area (Å²) in [4.78, 5) is 61.1. The third-order valence-corrected chi connectivity index (χ3v) is 8.41. The molecule has 12 nitrogen and oxygen atoms in total. The molecule has 51 heavy (non-hydrogen) atoms. The summed E-state index contributed by atoms with van der Waals surface area (Å²) in [6.45, 7) is 0.103. The third-order valence-electron chi connectivity index (χ3n) is 8.41. The zero-order valence-corrected chi connectivity index (χ0v) is 27.3. The van der Waals surface area contributed by atoms with Crippen LogP contribution in [0.1, 0.15) is 55.0 Å². The second-order valence-corrected chi connectivity index (χ2v) is 12.0. The Bertz CT molecular complexity index is 1850. The van der Waals surface area contributed by atoms with Crippen molar-refractivity contribution >= 4 is 30.2 Å². The van der Waals surface area contributed by atoms with Crippen LogP contribution < -0.4 is 9.47 Å². The monoisotopic (exact) mass is 694 g/mol. The average molecular weight is 695 g/mol. The van der Waals surface area contributed by atoms with Gasteiger partial charge in [-0.25, -0.2) is 9.59 Å². The second kappa shape index (κ2) is 16.2. The van der Waals surface area contributed by atoms with Crippen LogP contribution in [-0.4, -0.2) is 72.9 Å². The molecule has 4 aromatic carbocycles. The van der Waals surface area contributed by atoms with E-state index < -0.39 is 48.3 Å². The van der Waals surface area contributed by atoms with Crippen LogP contribution in [-0.2, 0) is 41.4 Å². The molecule has 0 saturated carbocycles. The summed E-state index contributed by atoms with van der Waals surface area (Å²) in [6, 6.07) is 25.5. The van der Waals surface area contributed by atoms with E-state index in [-0.39, 0.29) is 54.4 Å². The van der Waals surface area contributed by atoms with Gasteiger partial charge in [0.05, 0.1) is 24.3 Å². The summed E-state index contributed by atoms with van der Waals surface area (Å²) < 4.78 is 33.7. The van der Waals surface area contributed by atoms with Crippen molar-refractivity contribution in [1.82, 2.24) is 0 Å². The smallest absolute Gasteiger partial charge is 0.338 e. The fraction of sp³-hybridized carbons (Fsp3) is 0.256. The van der Waals surface area contributed by atoms with Crippen molar-refractivity contribution in [3.05, 3.63) is 125 Å². The Labute approximate surface area is 292 Å². The first kappa shape index (κ1) is 35.0. The summed E-state index contributed by atoms with van der Waals surface area (Å²) in [7, 11) is 0. The third kappa shape index (κ3) is 9.24. The van der Waals surface area contributed by atoms with E-state index in [0.29, 0.717) is 18.4 Å². The van der Waals surface area contributed by atoms with E-state index in [1.54, 1.807) is 48.5 Å². The molecule has 2 heterocycles. The van der Waals surface area contributed by atoms with E-state index in [1.807, 2.05) is 0 Å². The van der Waals surface area contributed by atoms with Crippen LogP contribution in [0, 0.1) is 0 Å². The molecular formula is C39H34O12. The van der Waals surface area contributed by atoms with Gasteiger partial charge >= 0.3 is 23.9 Å². The number of phenols is 1. The van der Waals surface area contributed by atoms with Gasteiger partial charge in [-0.1, -0.05) is 36.4 Å². The van der Waals surface area contributed by atoms with E-state index in [2.05, 4.69) is 0 Å². The van der Waals surface area contributed by atoms with Crippen molar-refractivity contribution in [2.24, 2.45) is 0 Å². The molecule has 0 aliphatic carbocycles. The fourth-order valence-electron chi connectivity index (χ4n) is 5.64. The maximum Gasteiger partial charge on any atom is 0.338 e. The number of aromatic hydroxyl groups is 1. The van der Waals surface area contributed by atoms with E-state index in [9.17, 15) is 29.1 Å². The van der Waals surface area contributed by atoms with Gasteiger partial charge in [-0.3, -0.25) is 14.4 Å². The minimum Gasteiger partial charge on any atom is -0.508 e. The van der Waals surface area contributed by atoms with Gasteiger partial charge in [0.2, 0.25) is 0 Å². The largest absolute Gasteiger partial charge is 0.508 e. The molecule has 2 aliphatic rings. The molecule has 6 rings (SSSR count). The first-order chi connectivity index (χ1) is 24.7. The van der Waals surface area contributed by atoms with Gasteiger partial charge in [-0.15, -0.1) is 0 Å². The minimum atomic E-state index is -0.729. The molecule has 2 aliphatic heterocycles. The van der Waals surface area contributed by atoms with Gasteiger partial charge in [0.1, 0.15) is 35.7 Å². The van der Waals surface area contributed by atoms with Gasteiger partial charge in [-0.2, -0.15) is 0 Å². The van der Waals surface area contributed by atoms with Crippen LogP contribution in [0.2, 0.25) is 0 Å². The lowest BCUT2D eigenvalue weighted by atomic mass is 10.1. The number of aryl methyl sites for hydroxylation is 2. The Morgan fingerprint density at radius 1 is 0.608 bits per heavy atom. The molecule has 0 radical (unpaired) electrons. The number of hydrogen-bond donors (Lipinski definition) is 1. The van der Waals surface area contributed by atoms with E-state index in [1.165, 1.54) is 48.5 Å². The molecule has 1 N–H and O–H groups in total. The Morgan fingerprint density at radius 3 is 1.43 bits per heavy atom. The van der Waals surface area contributed by atoms with Crippen molar-refractivity contribution in [3.8, 4) is 17.2 Å². The molecule has 262 valence electrons. The molecule has 0 bridgehead atoms. The standard InChI is InChI=1S/C39H34O12/c40-21-26-3-1-24(2-4-26)7-19-34(42)48-30-15-9-27(10-16-30)38(44)50-32-22-46-37-33(23-47-36(32)37)51-39(45)28-11-17-31(18-12-28)49-35(43)20-8-25-5-13-29(41)14-6-25/h1-6,9-18,21,32-33,36-37,41H,7-8,19-20,22-23H2/t32-,33-,36?,37?/m1/s1. The van der Waals surface area contributed by atoms with E-state index >= 15 is 0 Å². The Hall–Kier alpha value is -5.85. The lowest BCUT2D eigenvalue weighted by molar-refractivity contribution is -0.135. The number of phenolic OH excluding ortho intramolecular Hbond substituents is 1. The van der Waals surface area contributed by atoms with E-state index in [4.69, 9.17) is 28.4 Å². The van der Waals surface area contributed by atoms with Crippen LogP contribution in [0.25, 0.3) is 0 Å². The quantitative estimate of drug-likeness (QED) is 0.116. The predicted octanol–water partition coefficient (Wildman–Crippen LogP) is 4.83. The first-order valence-electron chi connectivity index (χ1n) is 16.3. The number of ether oxygens (including phenoxy) is 6. The molecule has 0 amide bonds. The highest BCUT2D eigenvalue weighted by Crippen LogP contribution is 2.32. The summed E-state index contributed by atoms with van der Waals surface area (Å²) in [5, 5.41) is 9.38. The topological polar surface area (TPSA) is 161 Å². The number of benzene rings is 4. The average Bonchev–Trinajstić information content (AvgIpc) is 3.74. The normalized spacial score (nSPS) is 19.1. The van der Waals surface area contributed by atoms with Gasteiger partial charge in [0.25, 0.3) is 0 Å². The molecule has 2 saturated heterocycles. The van der Waals surface area contributed by atoms with Gasteiger partial charge in [-0.05, 0) is 84.6 Å². The Balaban J connectivity index is 0.926. The van der Waals surface area contributed by atoms with Crippen LogP contribution in [0.4, 0.5) is 0 Å². The highest BCUT2D eigenvalue weighted by atomic mass is 16.7. The van der Waals surface area contributed by atoms with E-state index in [0.717, 1.165) is 17.4 Å². The molecule has 4 atom stereocenters. The van der Waals surface area contributed by atoms with Crippen LogP contribution >= 0.6 is 0 Å². The number of aldehydes is 1. The lowest BCUT2D eigenvalue weighted by Crippen LogP contribution is -2.36. The number of hydrogen-bond acceptors (Lipinski definition) is 12. The Kier molecular flexibility index (Phi) is 11.1. The maximum absolute atomic E-state index is 12.9. The molecule has 2 fully saturated rings. The Morgan fingerprint density at radius 2 is 1.02 bits per heavy atom. The number of fused-ring (bicyclic) bond motifs is 1. The summed E-state index contributed by atoms with van der Waals surface area (Å²) in [5.41, 5.74) is 2.82. The molecule has 12 heteroatoms. The SMILES string of the molecule is O=Cc1ccc(CCC(=O)Oc2ccc(C(=O)O[C@@H]3COC4C3OC[C@H]4OC(=O)c3ccc(OC(=O)CCc4ccc(O)cc4)cc3)cc2)cc1. The van der Waals surface area contributed by atoms with Crippen LogP contribution in [0.15, 0.2) is 97.1 Å². The van der Waals surface area contributed by atoms with Crippen LogP contribution in [0.3, 0.4) is 0 Å². The second-order valence-electron chi connectivity index (χ2n) is 12.0. The van der Waals surface area contributed by atoms with Crippen LogP contribution in [0.5, 0.6) is 17.2 Å². The minimum absolute atomic E-state index is 0.0511. The van der Waals surface area contributed by atoms with Crippen molar-refractivity contribution in [2.75, 3.05) is 13.2 Å².